The van der Waals surface area contributed by atoms with E-state index in [2.05, 4.69) is 41.4 Å². The molecule has 2 heterocycles. The number of nitrogens with zero attached hydrogens (tertiary/aromatic N) is 2. The summed E-state index contributed by atoms with van der Waals surface area (Å²) in [5.74, 6) is -0.103. The molecule has 0 fully saturated rings. The van der Waals surface area contributed by atoms with Crippen molar-refractivity contribution < 1.29 is 24.2 Å². The number of carbonyl (C=O) groups excluding carboxylic acids is 2. The van der Waals surface area contributed by atoms with Crippen LogP contribution < -0.4 is 15.4 Å². The zero-order valence-corrected chi connectivity index (χ0v) is 27.4. The van der Waals surface area contributed by atoms with Crippen LogP contribution in [0.1, 0.15) is 47.8 Å². The van der Waals surface area contributed by atoms with Crippen molar-refractivity contribution in [2.75, 3.05) is 0 Å². The van der Waals surface area contributed by atoms with Crippen molar-refractivity contribution in [3.8, 4) is 34.0 Å². The number of ether oxygens (including phenoxy) is 1. The number of para-hydroxylation sites is 1. The molecule has 0 aliphatic heterocycles. The van der Waals surface area contributed by atoms with E-state index in [0.717, 1.165) is 38.6 Å². The molecule has 0 aliphatic rings. The minimum atomic E-state index is -1.17. The van der Waals surface area contributed by atoms with Gasteiger partial charge in [-0.15, -0.1) is 11.3 Å². The van der Waals surface area contributed by atoms with Gasteiger partial charge in [0.15, 0.2) is 5.82 Å². The molecule has 3 N–H and O–H groups in total. The number of aromatic nitrogens is 2. The summed E-state index contributed by atoms with van der Waals surface area (Å²) in [6, 6.07) is 26.2. The van der Waals surface area contributed by atoms with Crippen LogP contribution in [0.3, 0.4) is 0 Å². The van der Waals surface area contributed by atoms with E-state index in [-0.39, 0.29) is 11.8 Å². The Bertz CT molecular complexity index is 1830. The summed E-state index contributed by atoms with van der Waals surface area (Å²) in [5.41, 5.74) is 3.25. The number of carbonyl (C=O) groups is 3. The van der Waals surface area contributed by atoms with Crippen LogP contribution >= 0.6 is 11.3 Å². The van der Waals surface area contributed by atoms with Gasteiger partial charge in [0.25, 0.3) is 5.91 Å². The topological polar surface area (TPSA) is 131 Å². The second kappa shape index (κ2) is 14.4. The van der Waals surface area contributed by atoms with Gasteiger partial charge in [0.2, 0.25) is 5.91 Å². The van der Waals surface area contributed by atoms with E-state index in [1.807, 2.05) is 84.9 Å². The molecular formula is C37H36N4O5S. The lowest BCUT2D eigenvalue weighted by Gasteiger charge is -2.20. The van der Waals surface area contributed by atoms with E-state index >= 15 is 0 Å². The molecule has 0 saturated heterocycles. The first-order chi connectivity index (χ1) is 22.5. The van der Waals surface area contributed by atoms with Crippen LogP contribution in [0.4, 0.5) is 0 Å². The van der Waals surface area contributed by atoms with Gasteiger partial charge in [-0.05, 0) is 59.9 Å². The molecule has 0 bridgehead atoms. The van der Waals surface area contributed by atoms with Gasteiger partial charge in [0, 0.05) is 34.8 Å². The Labute approximate surface area is 277 Å². The first-order valence-electron chi connectivity index (χ1n) is 15.2. The predicted octanol–water partition coefficient (Wildman–Crippen LogP) is 6.89. The molecule has 2 aromatic heterocycles. The molecular weight excluding hydrogens is 612 g/mol. The molecule has 5 aromatic rings. The Hall–Kier alpha value is -5.35. The summed E-state index contributed by atoms with van der Waals surface area (Å²) in [5, 5.41) is 14.6. The van der Waals surface area contributed by atoms with Crippen LogP contribution in [0.5, 0.6) is 11.5 Å². The average molecular weight is 649 g/mol. The van der Waals surface area contributed by atoms with Crippen molar-refractivity contribution in [2.45, 2.75) is 51.6 Å². The van der Waals surface area contributed by atoms with Crippen LogP contribution in [-0.2, 0) is 21.4 Å². The van der Waals surface area contributed by atoms with Gasteiger partial charge >= 0.3 is 5.97 Å². The Morgan fingerprint density at radius 1 is 0.787 bits per heavy atom. The molecule has 0 saturated carbocycles. The van der Waals surface area contributed by atoms with Crippen LogP contribution in [0, 0.1) is 0 Å². The van der Waals surface area contributed by atoms with Gasteiger partial charge in [-0.2, -0.15) is 0 Å². The van der Waals surface area contributed by atoms with Crippen molar-refractivity contribution in [3.63, 3.8) is 0 Å². The fourth-order valence-electron chi connectivity index (χ4n) is 4.67. The molecule has 47 heavy (non-hydrogen) atoms. The monoisotopic (exact) mass is 648 g/mol. The minimum Gasteiger partial charge on any atom is -0.480 e. The third kappa shape index (κ3) is 8.68. The van der Waals surface area contributed by atoms with Gasteiger partial charge in [0.1, 0.15) is 23.6 Å². The van der Waals surface area contributed by atoms with E-state index in [1.165, 1.54) is 18.3 Å². The fourth-order valence-corrected chi connectivity index (χ4v) is 5.64. The summed E-state index contributed by atoms with van der Waals surface area (Å²) in [6.45, 7) is 7.57. The number of hydrogen-bond acceptors (Lipinski definition) is 7. The minimum absolute atomic E-state index is 0.119. The highest BCUT2D eigenvalue weighted by atomic mass is 32.1. The van der Waals surface area contributed by atoms with Gasteiger partial charge < -0.3 is 20.5 Å². The van der Waals surface area contributed by atoms with Crippen LogP contribution in [0.25, 0.3) is 22.5 Å². The first kappa shape index (κ1) is 33.0. The highest BCUT2D eigenvalue weighted by Crippen LogP contribution is 2.30. The normalized spacial score (nSPS) is 12.5. The zero-order valence-electron chi connectivity index (χ0n) is 26.6. The lowest BCUT2D eigenvalue weighted by atomic mass is 9.95. The van der Waals surface area contributed by atoms with Gasteiger partial charge in [-0.1, -0.05) is 75.4 Å². The van der Waals surface area contributed by atoms with E-state index in [9.17, 15) is 19.5 Å². The lowest BCUT2D eigenvalue weighted by Crippen LogP contribution is -2.51. The van der Waals surface area contributed by atoms with E-state index in [4.69, 9.17) is 4.74 Å². The van der Waals surface area contributed by atoms with Crippen molar-refractivity contribution in [1.82, 2.24) is 20.6 Å². The van der Waals surface area contributed by atoms with Crippen LogP contribution in [0.2, 0.25) is 0 Å². The average Bonchev–Trinajstić information content (AvgIpc) is 3.58. The second-order valence-corrected chi connectivity index (χ2v) is 13.2. The third-order valence-corrected chi connectivity index (χ3v) is 8.90. The summed E-state index contributed by atoms with van der Waals surface area (Å²) in [6.07, 6.45) is 3.68. The Balaban J connectivity index is 1.26. The fraction of sp³-hybridized carbons (Fsp3) is 0.216. The van der Waals surface area contributed by atoms with E-state index < -0.39 is 29.9 Å². The number of amides is 2. The molecule has 0 radical (unpaired) electrons. The molecule has 0 spiro atoms. The molecule has 0 unspecified atom stereocenters. The third-order valence-electron chi connectivity index (χ3n) is 7.39. The standard InChI is InChI=1S/C37H36N4O5S/c1-23(36(44)45)40-34(42)30(41-35(43)31-18-19-32(47-31)37(2,3)4)20-24-10-12-26(13-11-24)33-38-21-27(22-39-33)25-14-16-29(17-15-25)46-28-8-6-5-7-9-28/h5-19,21-23,30H,20H2,1-4H3,(H,40,42)(H,41,43)(H,44,45)/t23-,30+/m1/s1. The largest absolute Gasteiger partial charge is 0.480 e. The molecule has 2 atom stereocenters. The molecule has 240 valence electrons. The van der Waals surface area contributed by atoms with Crippen molar-refractivity contribution in [1.29, 1.82) is 0 Å². The summed E-state index contributed by atoms with van der Waals surface area (Å²) >= 11 is 1.37. The zero-order chi connectivity index (χ0) is 33.6. The molecule has 3 aromatic carbocycles. The molecule has 0 aliphatic carbocycles. The molecule has 9 nitrogen and oxygen atoms in total. The number of hydrogen-bond donors (Lipinski definition) is 3. The lowest BCUT2D eigenvalue weighted by molar-refractivity contribution is -0.141. The van der Waals surface area contributed by atoms with E-state index in [0.29, 0.717) is 10.7 Å². The maximum Gasteiger partial charge on any atom is 0.325 e. The predicted molar refractivity (Wildman–Crippen MR) is 183 cm³/mol. The van der Waals surface area contributed by atoms with E-state index in [1.54, 1.807) is 18.5 Å². The first-order valence-corrected chi connectivity index (χ1v) is 16.0. The van der Waals surface area contributed by atoms with Gasteiger partial charge in [-0.3, -0.25) is 14.4 Å². The van der Waals surface area contributed by atoms with Crippen molar-refractivity contribution >= 4 is 29.1 Å². The van der Waals surface area contributed by atoms with Crippen LogP contribution in [0.15, 0.2) is 103 Å². The molecule has 10 heteroatoms. The summed E-state index contributed by atoms with van der Waals surface area (Å²) < 4.78 is 5.87. The maximum atomic E-state index is 13.2. The Morgan fingerprint density at radius 3 is 2.00 bits per heavy atom. The number of aliphatic carboxylic acids is 1. The quantitative estimate of drug-likeness (QED) is 0.142. The maximum absolute atomic E-state index is 13.2. The SMILES string of the molecule is C[C@@H](NC(=O)[C@H](Cc1ccc(-c2ncc(-c3ccc(Oc4ccccc4)cc3)cn2)cc1)NC(=O)c1ccc(C(C)(C)C)s1)C(=O)O. The number of benzene rings is 3. The molecule has 5 rings (SSSR count). The summed E-state index contributed by atoms with van der Waals surface area (Å²) in [7, 11) is 0. The smallest absolute Gasteiger partial charge is 0.325 e. The van der Waals surface area contributed by atoms with Gasteiger partial charge in [-0.25, -0.2) is 9.97 Å². The number of nitrogens with one attached hydrogen (secondary N) is 2. The number of rotatable bonds is 11. The van der Waals surface area contributed by atoms with Crippen molar-refractivity contribution in [2.24, 2.45) is 0 Å². The van der Waals surface area contributed by atoms with Crippen LogP contribution in [-0.4, -0.2) is 44.9 Å². The van der Waals surface area contributed by atoms with Gasteiger partial charge in [0.05, 0.1) is 4.88 Å². The second-order valence-electron chi connectivity index (χ2n) is 12.1. The van der Waals surface area contributed by atoms with Crippen molar-refractivity contribution in [3.05, 3.63) is 119 Å². The highest BCUT2D eigenvalue weighted by Gasteiger charge is 2.26. The number of carboxylic acid groups (broad SMARTS) is 1. The summed E-state index contributed by atoms with van der Waals surface area (Å²) in [4.78, 5) is 48.3. The Kier molecular flexibility index (Phi) is 10.1. The number of thiophene rings is 1. The highest BCUT2D eigenvalue weighted by molar-refractivity contribution is 7.14. The Morgan fingerprint density at radius 2 is 1.40 bits per heavy atom. The number of carboxylic acids is 1. The molecule has 2 amide bonds.